The van der Waals surface area contributed by atoms with Crippen molar-refractivity contribution < 1.29 is 4.79 Å². The number of amides is 1. The van der Waals surface area contributed by atoms with E-state index in [2.05, 4.69) is 10.4 Å². The highest BCUT2D eigenvalue weighted by Crippen LogP contribution is 2.64. The van der Waals surface area contributed by atoms with Gasteiger partial charge in [0.2, 0.25) is 5.91 Å². The lowest BCUT2D eigenvalue weighted by Crippen LogP contribution is -2.62. The first-order chi connectivity index (χ1) is 8.59. The first-order valence-electron chi connectivity index (χ1n) is 6.21. The number of hydrogen-bond donors (Lipinski definition) is 1. The third-order valence-electron chi connectivity index (χ3n) is 4.08. The first-order valence-corrected chi connectivity index (χ1v) is 6.59. The summed E-state index contributed by atoms with van der Waals surface area (Å²) in [6.45, 7) is 0.541. The molecule has 0 aromatic carbocycles. The molecule has 96 valence electrons. The summed E-state index contributed by atoms with van der Waals surface area (Å²) in [7, 11) is 1.79. The minimum atomic E-state index is -0.0279. The van der Waals surface area contributed by atoms with E-state index >= 15 is 0 Å². The van der Waals surface area contributed by atoms with Gasteiger partial charge in [0.25, 0.3) is 0 Å². The van der Waals surface area contributed by atoms with E-state index in [1.807, 2.05) is 6.07 Å². The van der Waals surface area contributed by atoms with Crippen LogP contribution in [0.15, 0.2) is 18.3 Å². The normalized spacial score (nSPS) is 28.2. The van der Waals surface area contributed by atoms with Crippen molar-refractivity contribution in [1.82, 2.24) is 15.4 Å². The summed E-state index contributed by atoms with van der Waals surface area (Å²) in [4.78, 5) is 16.4. The summed E-state index contributed by atoms with van der Waals surface area (Å²) in [5.41, 5.74) is 3.94. The Labute approximate surface area is 111 Å². The minimum Gasteiger partial charge on any atom is -0.280 e. The predicted molar refractivity (Wildman–Crippen MR) is 68.6 cm³/mol. The number of hydrogen-bond acceptors (Lipinski definition) is 3. The molecule has 3 saturated carbocycles. The highest BCUT2D eigenvalue weighted by atomic mass is 35.5. The monoisotopic (exact) mass is 265 g/mol. The molecule has 2 bridgehead atoms. The number of carbonyl (C=O) groups is 1. The second-order valence-corrected chi connectivity index (χ2v) is 5.86. The maximum absolute atomic E-state index is 12.2. The molecule has 3 aliphatic carbocycles. The number of carbonyl (C=O) groups excluding carboxylic acids is 1. The average molecular weight is 266 g/mol. The largest absolute Gasteiger partial charge is 0.280 e. The Morgan fingerprint density at radius 3 is 2.78 bits per heavy atom. The third-order valence-corrected chi connectivity index (χ3v) is 4.31. The summed E-state index contributed by atoms with van der Waals surface area (Å²) in [5, 5.41) is 2.24. The van der Waals surface area contributed by atoms with E-state index in [4.69, 9.17) is 11.6 Å². The second-order valence-electron chi connectivity index (χ2n) is 5.43. The van der Waals surface area contributed by atoms with E-state index in [9.17, 15) is 4.79 Å². The fraction of sp³-hybridized carbons (Fsp3) is 0.538. The van der Waals surface area contributed by atoms with Crippen molar-refractivity contribution in [3.8, 4) is 0 Å². The molecule has 18 heavy (non-hydrogen) atoms. The van der Waals surface area contributed by atoms with Gasteiger partial charge in [-0.15, -0.1) is 0 Å². The van der Waals surface area contributed by atoms with Crippen LogP contribution in [0, 0.1) is 11.3 Å². The van der Waals surface area contributed by atoms with Crippen molar-refractivity contribution >= 4 is 17.5 Å². The minimum absolute atomic E-state index is 0.0279. The quantitative estimate of drug-likeness (QED) is 0.847. The lowest BCUT2D eigenvalue weighted by molar-refractivity contribution is -0.178. The molecule has 4 nitrogen and oxygen atoms in total. The SMILES string of the molecule is CN(NCc1ccc(Cl)cn1)C(=O)C12CC(C1)C2. The molecule has 1 aromatic rings. The smallest absolute Gasteiger partial charge is 0.242 e. The van der Waals surface area contributed by atoms with Gasteiger partial charge in [-0.1, -0.05) is 11.6 Å². The molecule has 1 heterocycles. The fourth-order valence-electron chi connectivity index (χ4n) is 2.88. The number of halogens is 1. The Bertz CT molecular complexity index is 457. The second kappa shape index (κ2) is 4.21. The Hall–Kier alpha value is -1.13. The van der Waals surface area contributed by atoms with Crippen LogP contribution in [0.25, 0.3) is 0 Å². The predicted octanol–water partition coefficient (Wildman–Crippen LogP) is 2.00. The van der Waals surface area contributed by atoms with Gasteiger partial charge in [0.05, 0.1) is 22.7 Å². The summed E-state index contributed by atoms with van der Waals surface area (Å²) in [6, 6.07) is 3.66. The first kappa shape index (κ1) is 11.9. The molecule has 3 fully saturated rings. The Morgan fingerprint density at radius 1 is 1.56 bits per heavy atom. The molecule has 0 spiro atoms. The van der Waals surface area contributed by atoms with Crippen molar-refractivity contribution in [3.05, 3.63) is 29.0 Å². The Balaban J connectivity index is 1.53. The fourth-order valence-corrected chi connectivity index (χ4v) is 2.99. The van der Waals surface area contributed by atoms with Crippen molar-refractivity contribution in [2.24, 2.45) is 11.3 Å². The molecule has 1 amide bonds. The van der Waals surface area contributed by atoms with E-state index in [0.717, 1.165) is 30.9 Å². The third kappa shape index (κ3) is 1.89. The van der Waals surface area contributed by atoms with Gasteiger partial charge in [0, 0.05) is 13.2 Å². The number of rotatable bonds is 4. The molecule has 1 aromatic heterocycles. The van der Waals surface area contributed by atoms with Gasteiger partial charge in [-0.2, -0.15) is 0 Å². The summed E-state index contributed by atoms with van der Waals surface area (Å²) in [6.07, 6.45) is 4.85. The molecule has 5 heteroatoms. The number of nitrogens with one attached hydrogen (secondary N) is 1. The zero-order chi connectivity index (χ0) is 12.8. The molecule has 1 N–H and O–H groups in total. The summed E-state index contributed by atoms with van der Waals surface area (Å²) >= 11 is 5.77. The lowest BCUT2D eigenvalue weighted by Gasteiger charge is -2.60. The summed E-state index contributed by atoms with van der Waals surface area (Å²) < 4.78 is 0. The number of aromatic nitrogens is 1. The Morgan fingerprint density at radius 2 is 2.28 bits per heavy atom. The lowest BCUT2D eigenvalue weighted by atomic mass is 9.44. The molecule has 3 aliphatic rings. The molecule has 0 atom stereocenters. The van der Waals surface area contributed by atoms with E-state index in [0.29, 0.717) is 11.6 Å². The van der Waals surface area contributed by atoms with Crippen LogP contribution in [0.4, 0.5) is 0 Å². The highest BCUT2D eigenvalue weighted by molar-refractivity contribution is 6.30. The van der Waals surface area contributed by atoms with Gasteiger partial charge in [0.1, 0.15) is 0 Å². The zero-order valence-electron chi connectivity index (χ0n) is 10.3. The topological polar surface area (TPSA) is 45.2 Å². The molecule has 0 unspecified atom stereocenters. The standard InChI is InChI=1S/C13H16ClN3O/c1-17(12(18)13-4-9(5-13)6-13)16-8-11-3-2-10(14)7-15-11/h2-3,7,9,16H,4-6,8H2,1H3. The van der Waals surface area contributed by atoms with Crippen molar-refractivity contribution in [2.45, 2.75) is 25.8 Å². The van der Waals surface area contributed by atoms with Gasteiger partial charge in [-0.25, -0.2) is 5.43 Å². The molecular formula is C13H16ClN3O. The molecular weight excluding hydrogens is 250 g/mol. The maximum atomic E-state index is 12.2. The molecule has 4 rings (SSSR count). The van der Waals surface area contributed by atoms with E-state index in [1.165, 1.54) is 0 Å². The van der Waals surface area contributed by atoms with Crippen molar-refractivity contribution in [1.29, 1.82) is 0 Å². The van der Waals surface area contributed by atoms with E-state index < -0.39 is 0 Å². The molecule has 0 radical (unpaired) electrons. The van der Waals surface area contributed by atoms with Gasteiger partial charge >= 0.3 is 0 Å². The maximum Gasteiger partial charge on any atom is 0.242 e. The van der Waals surface area contributed by atoms with Gasteiger partial charge in [0.15, 0.2) is 0 Å². The summed E-state index contributed by atoms with van der Waals surface area (Å²) in [5.74, 6) is 1.04. The van der Waals surface area contributed by atoms with Gasteiger partial charge < -0.3 is 0 Å². The Kier molecular flexibility index (Phi) is 2.79. The van der Waals surface area contributed by atoms with Gasteiger partial charge in [-0.3, -0.25) is 14.8 Å². The average Bonchev–Trinajstić information content (AvgIpc) is 2.23. The van der Waals surface area contributed by atoms with Crippen LogP contribution in [0.3, 0.4) is 0 Å². The number of pyridine rings is 1. The van der Waals surface area contributed by atoms with Crippen LogP contribution in [0.1, 0.15) is 25.0 Å². The number of hydrazine groups is 1. The highest BCUT2D eigenvalue weighted by Gasteiger charge is 2.62. The van der Waals surface area contributed by atoms with Gasteiger partial charge in [-0.05, 0) is 37.3 Å². The molecule has 0 aliphatic heterocycles. The molecule has 0 saturated heterocycles. The van der Waals surface area contributed by atoms with Crippen LogP contribution in [0.2, 0.25) is 5.02 Å². The van der Waals surface area contributed by atoms with E-state index in [-0.39, 0.29) is 11.3 Å². The zero-order valence-corrected chi connectivity index (χ0v) is 11.1. The van der Waals surface area contributed by atoms with Crippen molar-refractivity contribution in [3.63, 3.8) is 0 Å². The van der Waals surface area contributed by atoms with E-state index in [1.54, 1.807) is 24.3 Å². The van der Waals surface area contributed by atoms with Crippen LogP contribution in [-0.2, 0) is 11.3 Å². The van der Waals surface area contributed by atoms with Crippen LogP contribution < -0.4 is 5.43 Å². The van der Waals surface area contributed by atoms with Crippen LogP contribution in [-0.4, -0.2) is 22.9 Å². The van der Waals surface area contributed by atoms with Crippen LogP contribution >= 0.6 is 11.6 Å². The number of nitrogens with zero attached hydrogens (tertiary/aromatic N) is 2. The van der Waals surface area contributed by atoms with Crippen LogP contribution in [0.5, 0.6) is 0 Å². The van der Waals surface area contributed by atoms with Crippen molar-refractivity contribution in [2.75, 3.05) is 7.05 Å².